The maximum Gasteiger partial charge on any atom is 0.335 e. The third-order valence-electron chi connectivity index (χ3n) is 1.69. The van der Waals surface area contributed by atoms with Crippen molar-refractivity contribution in [2.45, 2.75) is 18.7 Å². The van der Waals surface area contributed by atoms with Gasteiger partial charge < -0.3 is 4.74 Å². The summed E-state index contributed by atoms with van der Waals surface area (Å²) in [5.41, 5.74) is 0.985. The summed E-state index contributed by atoms with van der Waals surface area (Å²) >= 11 is 4.22. The molecule has 0 spiro atoms. The molecule has 0 heterocycles. The number of ether oxygens (including phenoxy) is 1. The van der Waals surface area contributed by atoms with Gasteiger partial charge in [0.1, 0.15) is 5.75 Å². The molecular formula is C11H12O2S. The van der Waals surface area contributed by atoms with E-state index < -0.39 is 0 Å². The van der Waals surface area contributed by atoms with Crippen LogP contribution in [0.25, 0.3) is 0 Å². The molecule has 0 radical (unpaired) electrons. The lowest BCUT2D eigenvalue weighted by Gasteiger charge is -2.03. The van der Waals surface area contributed by atoms with Crippen LogP contribution in [0, 0.1) is 6.92 Å². The number of hydrogen-bond acceptors (Lipinski definition) is 3. The Hall–Kier alpha value is -1.22. The van der Waals surface area contributed by atoms with Gasteiger partial charge >= 0.3 is 5.97 Å². The van der Waals surface area contributed by atoms with Crippen molar-refractivity contribution in [2.75, 3.05) is 0 Å². The van der Waals surface area contributed by atoms with Gasteiger partial charge in [-0.15, -0.1) is 12.6 Å². The Morgan fingerprint density at radius 3 is 2.79 bits per heavy atom. The van der Waals surface area contributed by atoms with E-state index in [4.69, 9.17) is 4.74 Å². The van der Waals surface area contributed by atoms with Gasteiger partial charge in [-0.05, 0) is 37.6 Å². The van der Waals surface area contributed by atoms with Gasteiger partial charge in [0.25, 0.3) is 0 Å². The maximum absolute atomic E-state index is 11.1. The molecule has 0 fully saturated rings. The Morgan fingerprint density at radius 1 is 1.50 bits per heavy atom. The van der Waals surface area contributed by atoms with Crippen LogP contribution in [0.2, 0.25) is 0 Å². The first-order chi connectivity index (χ1) is 6.63. The van der Waals surface area contributed by atoms with Gasteiger partial charge in [-0.2, -0.15) is 0 Å². The third-order valence-corrected chi connectivity index (χ3v) is 2.19. The zero-order valence-corrected chi connectivity index (χ0v) is 9.04. The van der Waals surface area contributed by atoms with Crippen LogP contribution >= 0.6 is 12.6 Å². The minimum atomic E-state index is -0.362. The summed E-state index contributed by atoms with van der Waals surface area (Å²) in [5.74, 6) is 0.183. The number of hydrogen-bond donors (Lipinski definition) is 1. The van der Waals surface area contributed by atoms with E-state index in [2.05, 4.69) is 12.6 Å². The first-order valence-corrected chi connectivity index (χ1v) is 4.72. The molecule has 0 unspecified atom stereocenters. The Labute approximate surface area is 89.0 Å². The fourth-order valence-electron chi connectivity index (χ4n) is 0.978. The van der Waals surface area contributed by atoms with Gasteiger partial charge in [0, 0.05) is 11.0 Å². The number of carbonyl (C=O) groups is 1. The minimum Gasteiger partial charge on any atom is -0.423 e. The van der Waals surface area contributed by atoms with Crippen LogP contribution in [-0.4, -0.2) is 5.97 Å². The first kappa shape index (κ1) is 10.9. The van der Waals surface area contributed by atoms with E-state index >= 15 is 0 Å². The van der Waals surface area contributed by atoms with Crippen molar-refractivity contribution < 1.29 is 9.53 Å². The van der Waals surface area contributed by atoms with E-state index in [1.54, 1.807) is 31.2 Å². The Bertz CT molecular complexity index is 370. The molecule has 14 heavy (non-hydrogen) atoms. The van der Waals surface area contributed by atoms with E-state index in [9.17, 15) is 4.79 Å². The second-order valence-electron chi connectivity index (χ2n) is 2.87. The van der Waals surface area contributed by atoms with Crippen molar-refractivity contribution in [3.05, 3.63) is 35.9 Å². The largest absolute Gasteiger partial charge is 0.423 e. The minimum absolute atomic E-state index is 0.362. The Balaban J connectivity index is 2.78. The fourth-order valence-corrected chi connectivity index (χ4v) is 1.12. The summed E-state index contributed by atoms with van der Waals surface area (Å²) in [7, 11) is 0. The van der Waals surface area contributed by atoms with E-state index in [1.807, 2.05) is 6.92 Å². The number of allylic oxidation sites excluding steroid dienone is 1. The molecule has 0 aliphatic rings. The van der Waals surface area contributed by atoms with Crippen molar-refractivity contribution in [3.8, 4) is 5.75 Å². The maximum atomic E-state index is 11.1. The van der Waals surface area contributed by atoms with Crippen molar-refractivity contribution in [1.82, 2.24) is 0 Å². The van der Waals surface area contributed by atoms with Gasteiger partial charge in [0.05, 0.1) is 0 Å². The quantitative estimate of drug-likeness (QED) is 0.350. The molecule has 1 aromatic rings. The van der Waals surface area contributed by atoms with Crippen LogP contribution in [-0.2, 0) is 4.79 Å². The SMILES string of the molecule is CC=CC(=O)Oc1ccc(S)c(C)c1. The van der Waals surface area contributed by atoms with Crippen LogP contribution in [0.4, 0.5) is 0 Å². The lowest BCUT2D eigenvalue weighted by molar-refractivity contribution is -0.129. The molecule has 0 aromatic heterocycles. The Kier molecular flexibility index (Phi) is 3.77. The molecule has 0 aliphatic heterocycles. The topological polar surface area (TPSA) is 26.3 Å². The predicted molar refractivity (Wildman–Crippen MR) is 58.9 cm³/mol. The average Bonchev–Trinajstić information content (AvgIpc) is 2.12. The molecule has 74 valence electrons. The van der Waals surface area contributed by atoms with Crippen molar-refractivity contribution in [2.24, 2.45) is 0 Å². The van der Waals surface area contributed by atoms with E-state index in [0.29, 0.717) is 5.75 Å². The molecule has 0 aliphatic carbocycles. The number of carbonyl (C=O) groups excluding carboxylic acids is 1. The predicted octanol–water partition coefficient (Wildman–Crippen LogP) is 2.77. The van der Waals surface area contributed by atoms with E-state index in [-0.39, 0.29) is 5.97 Å². The molecular weight excluding hydrogens is 196 g/mol. The molecule has 0 saturated carbocycles. The van der Waals surface area contributed by atoms with Crippen LogP contribution < -0.4 is 4.74 Å². The van der Waals surface area contributed by atoms with Gasteiger partial charge in [0.15, 0.2) is 0 Å². The highest BCUT2D eigenvalue weighted by Crippen LogP contribution is 2.19. The van der Waals surface area contributed by atoms with Gasteiger partial charge in [0.2, 0.25) is 0 Å². The molecule has 0 bridgehead atoms. The molecule has 0 N–H and O–H groups in total. The first-order valence-electron chi connectivity index (χ1n) is 4.27. The lowest BCUT2D eigenvalue weighted by atomic mass is 10.2. The molecule has 1 rings (SSSR count). The Morgan fingerprint density at radius 2 is 2.21 bits per heavy atom. The smallest absolute Gasteiger partial charge is 0.335 e. The zero-order chi connectivity index (χ0) is 10.6. The summed E-state index contributed by atoms with van der Waals surface area (Å²) in [5, 5.41) is 0. The normalized spacial score (nSPS) is 10.5. The van der Waals surface area contributed by atoms with Crippen molar-refractivity contribution in [3.63, 3.8) is 0 Å². The summed E-state index contributed by atoms with van der Waals surface area (Å²) in [6, 6.07) is 5.30. The second kappa shape index (κ2) is 4.86. The second-order valence-corrected chi connectivity index (χ2v) is 3.35. The fraction of sp³-hybridized carbons (Fsp3) is 0.182. The number of esters is 1. The van der Waals surface area contributed by atoms with Crippen LogP contribution in [0.1, 0.15) is 12.5 Å². The van der Waals surface area contributed by atoms with Gasteiger partial charge in [-0.25, -0.2) is 4.79 Å². The summed E-state index contributed by atoms with van der Waals surface area (Å²) in [4.78, 5) is 12.0. The number of aryl methyl sites for hydroxylation is 1. The van der Waals surface area contributed by atoms with Gasteiger partial charge in [-0.3, -0.25) is 0 Å². The van der Waals surface area contributed by atoms with Crippen molar-refractivity contribution >= 4 is 18.6 Å². The van der Waals surface area contributed by atoms with E-state index in [0.717, 1.165) is 10.5 Å². The van der Waals surface area contributed by atoms with Crippen LogP contribution in [0.5, 0.6) is 5.75 Å². The number of thiol groups is 1. The number of rotatable bonds is 2. The highest BCUT2D eigenvalue weighted by molar-refractivity contribution is 7.80. The molecule has 0 amide bonds. The van der Waals surface area contributed by atoms with Gasteiger partial charge in [-0.1, -0.05) is 6.08 Å². The lowest BCUT2D eigenvalue weighted by Crippen LogP contribution is -2.03. The zero-order valence-electron chi connectivity index (χ0n) is 8.15. The monoisotopic (exact) mass is 208 g/mol. The number of benzene rings is 1. The highest BCUT2D eigenvalue weighted by Gasteiger charge is 2.01. The van der Waals surface area contributed by atoms with Crippen molar-refractivity contribution in [1.29, 1.82) is 0 Å². The summed E-state index contributed by atoms with van der Waals surface area (Å²) in [6.07, 6.45) is 3.02. The molecule has 0 saturated heterocycles. The van der Waals surface area contributed by atoms with Crippen LogP contribution in [0.3, 0.4) is 0 Å². The standard InChI is InChI=1S/C11H12O2S/c1-3-4-11(12)13-9-5-6-10(14)8(2)7-9/h3-7,14H,1-2H3. The highest BCUT2D eigenvalue weighted by atomic mass is 32.1. The molecule has 2 nitrogen and oxygen atoms in total. The van der Waals surface area contributed by atoms with Crippen LogP contribution in [0.15, 0.2) is 35.2 Å². The summed E-state index contributed by atoms with van der Waals surface area (Å²) < 4.78 is 5.03. The summed E-state index contributed by atoms with van der Waals surface area (Å²) in [6.45, 7) is 3.68. The molecule has 0 atom stereocenters. The average molecular weight is 208 g/mol. The van der Waals surface area contributed by atoms with E-state index in [1.165, 1.54) is 6.08 Å². The molecule has 1 aromatic carbocycles. The third kappa shape index (κ3) is 2.92. The molecule has 3 heteroatoms.